The normalized spacial score (nSPS) is 11.2. The van der Waals surface area contributed by atoms with Gasteiger partial charge in [-0.15, -0.1) is 0 Å². The average Bonchev–Trinajstić information content (AvgIpc) is 2.55. The number of methoxy groups -OCH3 is 1. The smallest absolute Gasteiger partial charge is 0.161 e. The van der Waals surface area contributed by atoms with Crippen molar-refractivity contribution in [2.75, 3.05) is 13.7 Å². The first kappa shape index (κ1) is 14.8. The molecule has 2 rings (SSSR count). The van der Waals surface area contributed by atoms with Gasteiger partial charge in [0.25, 0.3) is 0 Å². The van der Waals surface area contributed by atoms with E-state index in [1.807, 2.05) is 30.5 Å². The molecule has 0 atom stereocenters. The van der Waals surface area contributed by atoms with Crippen LogP contribution in [0.1, 0.15) is 18.1 Å². The van der Waals surface area contributed by atoms with Gasteiger partial charge in [0.15, 0.2) is 11.5 Å². The number of aromatic nitrogens is 1. The highest BCUT2D eigenvalue weighted by molar-refractivity contribution is 5.98. The van der Waals surface area contributed by atoms with Crippen molar-refractivity contribution in [2.45, 2.75) is 13.3 Å². The van der Waals surface area contributed by atoms with Crippen LogP contribution in [0, 0.1) is 0 Å². The van der Waals surface area contributed by atoms with Crippen molar-refractivity contribution < 1.29 is 14.7 Å². The molecule has 5 heteroatoms. The van der Waals surface area contributed by atoms with Crippen LogP contribution < -0.4 is 9.47 Å². The van der Waals surface area contributed by atoms with Crippen LogP contribution in [0.2, 0.25) is 0 Å². The quantitative estimate of drug-likeness (QED) is 0.504. The molecule has 0 radical (unpaired) electrons. The van der Waals surface area contributed by atoms with Gasteiger partial charge in [-0.2, -0.15) is 0 Å². The third-order valence-electron chi connectivity index (χ3n) is 3.10. The lowest BCUT2D eigenvalue weighted by Crippen LogP contribution is -2.04. The minimum Gasteiger partial charge on any atom is -0.493 e. The van der Waals surface area contributed by atoms with Gasteiger partial charge in [-0.05, 0) is 36.8 Å². The third kappa shape index (κ3) is 3.95. The summed E-state index contributed by atoms with van der Waals surface area (Å²) in [5.74, 6) is 1.28. The fourth-order valence-corrected chi connectivity index (χ4v) is 1.89. The molecule has 1 aromatic heterocycles. The summed E-state index contributed by atoms with van der Waals surface area (Å²) in [6.07, 6.45) is 4.35. The summed E-state index contributed by atoms with van der Waals surface area (Å²) in [7, 11) is 1.58. The lowest BCUT2D eigenvalue weighted by atomic mass is 10.1. The monoisotopic (exact) mass is 286 g/mol. The Morgan fingerprint density at radius 1 is 1.29 bits per heavy atom. The van der Waals surface area contributed by atoms with Gasteiger partial charge in [0.2, 0.25) is 0 Å². The van der Waals surface area contributed by atoms with Crippen molar-refractivity contribution in [1.29, 1.82) is 0 Å². The molecule has 1 N–H and O–H groups in total. The zero-order valence-electron chi connectivity index (χ0n) is 12.1. The summed E-state index contributed by atoms with van der Waals surface area (Å²) in [6.45, 7) is 2.26. The Morgan fingerprint density at radius 3 is 2.81 bits per heavy atom. The molecule has 1 heterocycles. The van der Waals surface area contributed by atoms with E-state index in [1.54, 1.807) is 26.3 Å². The second-order valence-electron chi connectivity index (χ2n) is 4.51. The van der Waals surface area contributed by atoms with Gasteiger partial charge in [-0.1, -0.05) is 11.2 Å². The van der Waals surface area contributed by atoms with E-state index in [1.165, 1.54) is 0 Å². The fourth-order valence-electron chi connectivity index (χ4n) is 1.89. The van der Waals surface area contributed by atoms with Gasteiger partial charge in [0.1, 0.15) is 0 Å². The van der Waals surface area contributed by atoms with Gasteiger partial charge >= 0.3 is 0 Å². The summed E-state index contributed by atoms with van der Waals surface area (Å²) in [5.41, 5.74) is 2.43. The maximum absolute atomic E-state index is 8.80. The number of hydrogen-bond acceptors (Lipinski definition) is 5. The second kappa shape index (κ2) is 7.28. The molecule has 0 aliphatic heterocycles. The topological polar surface area (TPSA) is 63.9 Å². The highest BCUT2D eigenvalue weighted by Crippen LogP contribution is 2.28. The number of pyridine rings is 1. The Balaban J connectivity index is 2.03. The first-order chi connectivity index (χ1) is 10.2. The molecule has 0 bridgehead atoms. The molecule has 0 spiro atoms. The zero-order valence-corrected chi connectivity index (χ0v) is 12.1. The second-order valence-corrected chi connectivity index (χ2v) is 4.51. The van der Waals surface area contributed by atoms with Gasteiger partial charge in [-0.25, -0.2) is 0 Å². The van der Waals surface area contributed by atoms with Crippen LogP contribution in [-0.2, 0) is 6.42 Å². The Bertz CT molecular complexity index is 612. The Morgan fingerprint density at radius 2 is 2.14 bits per heavy atom. The molecule has 5 nitrogen and oxygen atoms in total. The molecular formula is C16H18N2O3. The predicted octanol–water partition coefficient (Wildman–Crippen LogP) is 2.91. The molecule has 0 aliphatic carbocycles. The van der Waals surface area contributed by atoms with E-state index < -0.39 is 0 Å². The van der Waals surface area contributed by atoms with E-state index in [9.17, 15) is 0 Å². The SMILES string of the molecule is COc1cc(C(C)=NO)ccc1OCCc1cccnc1. The van der Waals surface area contributed by atoms with Crippen molar-refractivity contribution >= 4 is 5.71 Å². The number of nitrogens with zero attached hydrogens (tertiary/aromatic N) is 2. The van der Waals surface area contributed by atoms with Crippen molar-refractivity contribution in [3.63, 3.8) is 0 Å². The number of hydrogen-bond donors (Lipinski definition) is 1. The summed E-state index contributed by atoms with van der Waals surface area (Å²) in [6, 6.07) is 9.34. The fraction of sp³-hybridized carbons (Fsp3) is 0.250. The molecular weight excluding hydrogens is 268 g/mol. The van der Waals surface area contributed by atoms with E-state index >= 15 is 0 Å². The first-order valence-electron chi connectivity index (χ1n) is 6.63. The summed E-state index contributed by atoms with van der Waals surface area (Å²) >= 11 is 0. The van der Waals surface area contributed by atoms with E-state index in [-0.39, 0.29) is 0 Å². The maximum Gasteiger partial charge on any atom is 0.161 e. The lowest BCUT2D eigenvalue weighted by Gasteiger charge is -2.12. The van der Waals surface area contributed by atoms with Crippen molar-refractivity contribution in [3.8, 4) is 11.5 Å². The lowest BCUT2D eigenvalue weighted by molar-refractivity contribution is 0.297. The zero-order chi connectivity index (χ0) is 15.1. The average molecular weight is 286 g/mol. The van der Waals surface area contributed by atoms with Crippen LogP contribution in [0.15, 0.2) is 47.9 Å². The van der Waals surface area contributed by atoms with Crippen LogP contribution in [-0.4, -0.2) is 29.6 Å². The van der Waals surface area contributed by atoms with E-state index in [4.69, 9.17) is 14.7 Å². The van der Waals surface area contributed by atoms with Crippen LogP contribution in [0.4, 0.5) is 0 Å². The van der Waals surface area contributed by atoms with Crippen LogP contribution >= 0.6 is 0 Å². The molecule has 110 valence electrons. The maximum atomic E-state index is 8.80. The predicted molar refractivity (Wildman–Crippen MR) is 80.4 cm³/mol. The molecule has 0 amide bonds. The highest BCUT2D eigenvalue weighted by atomic mass is 16.5. The Labute approximate surface area is 123 Å². The molecule has 0 saturated heterocycles. The Hall–Kier alpha value is -2.56. The minimum atomic E-state index is 0.523. The summed E-state index contributed by atoms with van der Waals surface area (Å²) < 4.78 is 11.1. The minimum absolute atomic E-state index is 0.523. The molecule has 0 saturated carbocycles. The molecule has 0 unspecified atom stereocenters. The first-order valence-corrected chi connectivity index (χ1v) is 6.63. The summed E-state index contributed by atoms with van der Waals surface area (Å²) in [4.78, 5) is 4.07. The Kier molecular flexibility index (Phi) is 5.15. The standard InChI is InChI=1S/C16H18N2O3/c1-12(18-19)14-5-6-15(16(10-14)20-2)21-9-7-13-4-3-8-17-11-13/h3-6,8,10-11,19H,7,9H2,1-2H3. The van der Waals surface area contributed by atoms with Gasteiger partial charge in [0, 0.05) is 24.4 Å². The van der Waals surface area contributed by atoms with E-state index in [0.29, 0.717) is 23.8 Å². The van der Waals surface area contributed by atoms with Crippen molar-refractivity contribution in [1.82, 2.24) is 4.98 Å². The molecule has 2 aromatic rings. The van der Waals surface area contributed by atoms with Crippen LogP contribution in [0.25, 0.3) is 0 Å². The highest BCUT2D eigenvalue weighted by Gasteiger charge is 2.08. The molecule has 0 aliphatic rings. The number of oxime groups is 1. The van der Waals surface area contributed by atoms with Gasteiger partial charge < -0.3 is 14.7 Å². The van der Waals surface area contributed by atoms with E-state index in [0.717, 1.165) is 17.5 Å². The van der Waals surface area contributed by atoms with Crippen LogP contribution in [0.5, 0.6) is 11.5 Å². The molecule has 21 heavy (non-hydrogen) atoms. The van der Waals surface area contributed by atoms with Crippen molar-refractivity contribution in [2.24, 2.45) is 5.16 Å². The third-order valence-corrected chi connectivity index (χ3v) is 3.10. The molecule has 1 aromatic carbocycles. The number of rotatable bonds is 6. The van der Waals surface area contributed by atoms with Gasteiger partial charge in [0.05, 0.1) is 19.4 Å². The summed E-state index contributed by atoms with van der Waals surface area (Å²) in [5, 5.41) is 12.0. The number of ether oxygens (including phenoxy) is 2. The van der Waals surface area contributed by atoms with Crippen molar-refractivity contribution in [3.05, 3.63) is 53.9 Å². The molecule has 0 fully saturated rings. The number of benzene rings is 1. The van der Waals surface area contributed by atoms with Gasteiger partial charge in [-0.3, -0.25) is 4.98 Å². The van der Waals surface area contributed by atoms with E-state index in [2.05, 4.69) is 10.1 Å². The largest absolute Gasteiger partial charge is 0.493 e. The van der Waals surface area contributed by atoms with Crippen LogP contribution in [0.3, 0.4) is 0 Å².